The lowest BCUT2D eigenvalue weighted by atomic mass is 10.2. The predicted octanol–water partition coefficient (Wildman–Crippen LogP) is 6.06. The Bertz CT molecular complexity index is 1080. The van der Waals surface area contributed by atoms with Crippen LogP contribution in [0.5, 0.6) is 0 Å². The van der Waals surface area contributed by atoms with Crippen molar-refractivity contribution in [1.82, 2.24) is 0 Å². The SMILES string of the molecule is CC(C)(C)O[Si](OC(C)(C)C)(c1ccccc1)c1ccc([Si](OC(C)(C)C)(OC(C)(C)C)c2ccccc2)cc1. The fraction of sp³-hybridized carbons (Fsp3) is 0.471. The van der Waals surface area contributed by atoms with Crippen LogP contribution in [0, 0.1) is 0 Å². The van der Waals surface area contributed by atoms with Crippen molar-refractivity contribution in [3.63, 3.8) is 0 Å². The molecule has 6 heteroatoms. The van der Waals surface area contributed by atoms with E-state index in [2.05, 4.69) is 156 Å². The summed E-state index contributed by atoms with van der Waals surface area (Å²) in [5.41, 5.74) is -1.67. The Labute approximate surface area is 245 Å². The fourth-order valence-corrected chi connectivity index (χ4v) is 12.4. The second-order valence-corrected chi connectivity index (χ2v) is 20.0. The maximum Gasteiger partial charge on any atom is 0.407 e. The molecule has 0 fully saturated rings. The number of benzene rings is 3. The first-order valence-electron chi connectivity index (χ1n) is 14.3. The Kier molecular flexibility index (Phi) is 9.46. The molecule has 0 aromatic heterocycles. The zero-order chi connectivity index (χ0) is 30.0. The molecular weight excluding hydrogens is 529 g/mol. The van der Waals surface area contributed by atoms with Crippen LogP contribution in [0.25, 0.3) is 0 Å². The molecule has 0 heterocycles. The normalized spacial score (nSPS) is 13.9. The Morgan fingerprint density at radius 1 is 0.325 bits per heavy atom. The second kappa shape index (κ2) is 11.7. The largest absolute Gasteiger partial charge is 0.407 e. The van der Waals surface area contributed by atoms with Gasteiger partial charge in [0.05, 0.1) is 22.4 Å². The van der Waals surface area contributed by atoms with Crippen molar-refractivity contribution in [2.24, 2.45) is 0 Å². The summed E-state index contributed by atoms with van der Waals surface area (Å²) in [4.78, 5) is 0. The van der Waals surface area contributed by atoms with Crippen LogP contribution < -0.4 is 20.7 Å². The van der Waals surface area contributed by atoms with Crippen molar-refractivity contribution in [3.8, 4) is 0 Å². The van der Waals surface area contributed by atoms with Crippen molar-refractivity contribution >= 4 is 37.9 Å². The van der Waals surface area contributed by atoms with E-state index in [4.69, 9.17) is 17.7 Å². The van der Waals surface area contributed by atoms with E-state index in [0.717, 1.165) is 20.7 Å². The molecule has 3 aromatic rings. The van der Waals surface area contributed by atoms with Crippen molar-refractivity contribution in [2.45, 2.75) is 105 Å². The van der Waals surface area contributed by atoms with E-state index >= 15 is 0 Å². The van der Waals surface area contributed by atoms with Crippen molar-refractivity contribution in [1.29, 1.82) is 0 Å². The van der Waals surface area contributed by atoms with Crippen LogP contribution in [0.3, 0.4) is 0 Å². The van der Waals surface area contributed by atoms with Crippen molar-refractivity contribution in [2.75, 3.05) is 0 Å². The third-order valence-corrected chi connectivity index (χ3v) is 13.7. The van der Waals surface area contributed by atoms with Gasteiger partial charge < -0.3 is 17.7 Å². The minimum atomic E-state index is -3.14. The van der Waals surface area contributed by atoms with Crippen LogP contribution in [0.15, 0.2) is 84.9 Å². The molecule has 4 nitrogen and oxygen atoms in total. The van der Waals surface area contributed by atoms with E-state index in [1.54, 1.807) is 0 Å². The highest BCUT2D eigenvalue weighted by atomic mass is 28.4. The summed E-state index contributed by atoms with van der Waals surface area (Å²) in [5.74, 6) is 0. The van der Waals surface area contributed by atoms with E-state index in [0.29, 0.717) is 0 Å². The van der Waals surface area contributed by atoms with E-state index < -0.39 is 39.5 Å². The van der Waals surface area contributed by atoms with Gasteiger partial charge in [-0.1, -0.05) is 84.9 Å². The first-order valence-corrected chi connectivity index (χ1v) is 17.9. The lowest BCUT2D eigenvalue weighted by Crippen LogP contribution is -2.69. The second-order valence-electron chi connectivity index (χ2n) is 14.4. The molecule has 0 radical (unpaired) electrons. The average molecular weight is 579 g/mol. The van der Waals surface area contributed by atoms with Crippen LogP contribution in [-0.2, 0) is 17.7 Å². The Morgan fingerprint density at radius 2 is 0.525 bits per heavy atom. The number of rotatable bonds is 8. The van der Waals surface area contributed by atoms with Gasteiger partial charge in [0.15, 0.2) is 0 Å². The first kappa shape index (κ1) is 32.4. The van der Waals surface area contributed by atoms with Gasteiger partial charge in [0, 0.05) is 0 Å². The molecule has 0 N–H and O–H groups in total. The van der Waals surface area contributed by atoms with Gasteiger partial charge in [0.25, 0.3) is 0 Å². The molecule has 0 saturated carbocycles. The van der Waals surface area contributed by atoms with Crippen LogP contribution in [0.2, 0.25) is 0 Å². The first-order chi connectivity index (χ1) is 18.2. The molecule has 0 unspecified atom stereocenters. The van der Waals surface area contributed by atoms with Gasteiger partial charge in [-0.3, -0.25) is 0 Å². The van der Waals surface area contributed by atoms with Crippen LogP contribution in [0.1, 0.15) is 83.1 Å². The van der Waals surface area contributed by atoms with Gasteiger partial charge in [-0.05, 0) is 104 Å². The van der Waals surface area contributed by atoms with Gasteiger partial charge >= 0.3 is 17.1 Å². The summed E-state index contributed by atoms with van der Waals surface area (Å²) >= 11 is 0. The molecule has 218 valence electrons. The highest BCUT2D eigenvalue weighted by Gasteiger charge is 2.51. The summed E-state index contributed by atoms with van der Waals surface area (Å²) in [6, 6.07) is 29.5. The summed E-state index contributed by atoms with van der Waals surface area (Å²) in [7, 11) is -6.28. The van der Waals surface area contributed by atoms with Gasteiger partial charge in [0.1, 0.15) is 0 Å². The maximum atomic E-state index is 7.01. The van der Waals surface area contributed by atoms with Crippen molar-refractivity contribution in [3.05, 3.63) is 84.9 Å². The summed E-state index contributed by atoms with van der Waals surface area (Å²) in [5, 5.41) is 4.26. The molecule has 0 aliphatic heterocycles. The zero-order valence-electron chi connectivity index (χ0n) is 26.7. The Balaban J connectivity index is 2.30. The van der Waals surface area contributed by atoms with E-state index in [-0.39, 0.29) is 0 Å². The van der Waals surface area contributed by atoms with Crippen LogP contribution >= 0.6 is 0 Å². The Hall–Kier alpha value is -2.07. The van der Waals surface area contributed by atoms with Gasteiger partial charge in [-0.25, -0.2) is 0 Å². The third kappa shape index (κ3) is 8.47. The maximum absolute atomic E-state index is 7.01. The number of hydrogen-bond acceptors (Lipinski definition) is 4. The zero-order valence-corrected chi connectivity index (χ0v) is 28.7. The smallest absolute Gasteiger partial charge is 0.383 e. The van der Waals surface area contributed by atoms with Gasteiger partial charge in [-0.2, -0.15) is 0 Å². The fourth-order valence-electron chi connectivity index (χ4n) is 4.80. The molecule has 0 spiro atoms. The molecule has 0 amide bonds. The lowest BCUT2D eigenvalue weighted by Gasteiger charge is -2.43. The average Bonchev–Trinajstić information content (AvgIpc) is 2.81. The van der Waals surface area contributed by atoms with Gasteiger partial charge in [0.2, 0.25) is 0 Å². The minimum absolute atomic E-state index is 0.417. The summed E-state index contributed by atoms with van der Waals surface area (Å²) in [6.45, 7) is 25.2. The van der Waals surface area contributed by atoms with E-state index in [9.17, 15) is 0 Å². The van der Waals surface area contributed by atoms with E-state index in [1.165, 1.54) is 0 Å². The number of hydrogen-bond donors (Lipinski definition) is 0. The van der Waals surface area contributed by atoms with E-state index in [1.807, 2.05) is 12.1 Å². The van der Waals surface area contributed by atoms with Crippen LogP contribution in [0.4, 0.5) is 0 Å². The quantitative estimate of drug-likeness (QED) is 0.305. The standard InChI is InChI=1S/C34H50O4Si2/c1-31(2,3)35-39(36-32(4,5)6,27-19-15-13-16-20-27)29-23-25-30(26-24-29)40(37-33(7,8)9,38-34(10,11)12)28-21-17-14-18-22-28/h13-26H,1-12H3. The Morgan fingerprint density at radius 3 is 0.725 bits per heavy atom. The molecule has 40 heavy (non-hydrogen) atoms. The molecule has 3 rings (SSSR count). The topological polar surface area (TPSA) is 36.9 Å². The monoisotopic (exact) mass is 578 g/mol. The molecule has 0 aliphatic rings. The third-order valence-electron chi connectivity index (χ3n) is 5.75. The summed E-state index contributed by atoms with van der Waals surface area (Å²) in [6.07, 6.45) is 0. The lowest BCUT2D eigenvalue weighted by molar-refractivity contribution is 0.0281. The predicted molar refractivity (Wildman–Crippen MR) is 173 cm³/mol. The molecule has 0 aliphatic carbocycles. The molecule has 0 saturated heterocycles. The van der Waals surface area contributed by atoms with Crippen LogP contribution in [-0.4, -0.2) is 39.5 Å². The molecular formula is C34H50O4Si2. The van der Waals surface area contributed by atoms with Gasteiger partial charge in [-0.15, -0.1) is 0 Å². The van der Waals surface area contributed by atoms with Crippen molar-refractivity contribution < 1.29 is 17.7 Å². The highest BCUT2D eigenvalue weighted by Crippen LogP contribution is 2.26. The molecule has 3 aromatic carbocycles. The minimum Gasteiger partial charge on any atom is -0.383 e. The molecule has 0 bridgehead atoms. The highest BCUT2D eigenvalue weighted by molar-refractivity contribution is 6.94. The summed E-state index contributed by atoms with van der Waals surface area (Å²) < 4.78 is 28.0. The molecule has 0 atom stereocenters.